The Morgan fingerprint density at radius 2 is 1.96 bits per heavy atom. The monoisotopic (exact) mass is 336 g/mol. The van der Waals surface area contributed by atoms with Gasteiger partial charge in [-0.25, -0.2) is 9.97 Å². The van der Waals surface area contributed by atoms with Crippen molar-refractivity contribution in [1.29, 1.82) is 0 Å². The molecule has 0 aliphatic rings. The van der Waals surface area contributed by atoms with Gasteiger partial charge in [0.05, 0.1) is 19.0 Å². The number of aromatic nitrogens is 3. The fraction of sp³-hybridized carbons (Fsp3) is 0.211. The summed E-state index contributed by atoms with van der Waals surface area (Å²) in [6, 6.07) is 11.4. The van der Waals surface area contributed by atoms with Crippen LogP contribution in [0.3, 0.4) is 0 Å². The van der Waals surface area contributed by atoms with Gasteiger partial charge in [0, 0.05) is 18.8 Å². The first-order chi connectivity index (χ1) is 12.2. The molecule has 6 heteroatoms. The molecule has 0 aliphatic heterocycles. The van der Waals surface area contributed by atoms with Crippen LogP contribution in [0.25, 0.3) is 5.82 Å². The van der Waals surface area contributed by atoms with E-state index in [1.54, 1.807) is 19.5 Å². The van der Waals surface area contributed by atoms with Gasteiger partial charge in [-0.15, -0.1) is 0 Å². The normalized spacial score (nSPS) is 10.5. The standard InChI is InChI=1S/C19H20N4O2/c1-14-20-11-12-23(14)18-9-6-16(13-21-18)22-19(24)10-5-15-3-7-17(25-2)8-4-15/h3-4,6-9,11-13H,5,10H2,1-2H3,(H,22,24). The number of ether oxygens (including phenoxy) is 1. The number of nitrogens with zero attached hydrogens (tertiary/aromatic N) is 3. The Balaban J connectivity index is 1.54. The van der Waals surface area contributed by atoms with Crippen LogP contribution in [-0.2, 0) is 11.2 Å². The second-order valence-electron chi connectivity index (χ2n) is 5.65. The Bertz CT molecular complexity index is 839. The third kappa shape index (κ3) is 4.23. The summed E-state index contributed by atoms with van der Waals surface area (Å²) in [5, 5.41) is 2.87. The van der Waals surface area contributed by atoms with E-state index in [1.807, 2.05) is 54.1 Å². The molecule has 0 unspecified atom stereocenters. The lowest BCUT2D eigenvalue weighted by Gasteiger charge is -2.08. The maximum atomic E-state index is 12.1. The molecule has 25 heavy (non-hydrogen) atoms. The van der Waals surface area contributed by atoms with E-state index in [2.05, 4.69) is 15.3 Å². The SMILES string of the molecule is COc1ccc(CCC(=O)Nc2ccc(-n3ccnc3C)nc2)cc1. The van der Waals surface area contributed by atoms with Crippen molar-refractivity contribution in [2.75, 3.05) is 12.4 Å². The molecule has 0 atom stereocenters. The molecule has 1 aromatic carbocycles. The quantitative estimate of drug-likeness (QED) is 0.751. The van der Waals surface area contributed by atoms with Crippen molar-refractivity contribution in [1.82, 2.24) is 14.5 Å². The summed E-state index contributed by atoms with van der Waals surface area (Å²) in [6.45, 7) is 1.91. The van der Waals surface area contributed by atoms with Gasteiger partial charge in [0.25, 0.3) is 0 Å². The van der Waals surface area contributed by atoms with E-state index in [4.69, 9.17) is 4.74 Å². The smallest absolute Gasteiger partial charge is 0.224 e. The first-order valence-electron chi connectivity index (χ1n) is 8.05. The summed E-state index contributed by atoms with van der Waals surface area (Å²) in [4.78, 5) is 20.6. The fourth-order valence-electron chi connectivity index (χ4n) is 2.50. The molecule has 0 radical (unpaired) electrons. The van der Waals surface area contributed by atoms with Gasteiger partial charge >= 0.3 is 0 Å². The summed E-state index contributed by atoms with van der Waals surface area (Å²) in [5.74, 6) is 2.41. The number of imidazole rings is 1. The van der Waals surface area contributed by atoms with E-state index in [9.17, 15) is 4.79 Å². The zero-order chi connectivity index (χ0) is 17.6. The van der Waals surface area contributed by atoms with Crippen LogP contribution >= 0.6 is 0 Å². The number of benzene rings is 1. The summed E-state index contributed by atoms with van der Waals surface area (Å²) in [7, 11) is 1.63. The molecule has 2 heterocycles. The number of aryl methyl sites for hydroxylation is 2. The number of carbonyl (C=O) groups excluding carboxylic acids is 1. The summed E-state index contributed by atoms with van der Waals surface area (Å²) in [5.41, 5.74) is 1.78. The van der Waals surface area contributed by atoms with Gasteiger partial charge in [-0.2, -0.15) is 0 Å². The largest absolute Gasteiger partial charge is 0.497 e. The maximum absolute atomic E-state index is 12.1. The van der Waals surface area contributed by atoms with Crippen LogP contribution in [0.1, 0.15) is 17.8 Å². The molecule has 1 N–H and O–H groups in total. The molecule has 0 aliphatic carbocycles. The lowest BCUT2D eigenvalue weighted by molar-refractivity contribution is -0.116. The van der Waals surface area contributed by atoms with Gasteiger partial charge in [0.1, 0.15) is 17.4 Å². The van der Waals surface area contributed by atoms with Crippen molar-refractivity contribution in [2.45, 2.75) is 19.8 Å². The molecule has 0 bridgehead atoms. The molecule has 128 valence electrons. The Labute approximate surface area is 146 Å². The van der Waals surface area contributed by atoms with E-state index in [0.717, 1.165) is 23.0 Å². The highest BCUT2D eigenvalue weighted by atomic mass is 16.5. The molecule has 1 amide bonds. The minimum absolute atomic E-state index is 0.0378. The Morgan fingerprint density at radius 1 is 1.16 bits per heavy atom. The minimum Gasteiger partial charge on any atom is -0.497 e. The zero-order valence-electron chi connectivity index (χ0n) is 14.3. The molecular formula is C19H20N4O2. The van der Waals surface area contributed by atoms with E-state index in [-0.39, 0.29) is 5.91 Å². The van der Waals surface area contributed by atoms with Gasteiger partial charge in [-0.05, 0) is 43.2 Å². The fourth-order valence-corrected chi connectivity index (χ4v) is 2.50. The van der Waals surface area contributed by atoms with Crippen LogP contribution < -0.4 is 10.1 Å². The number of hydrogen-bond acceptors (Lipinski definition) is 4. The van der Waals surface area contributed by atoms with Crippen LogP contribution in [0.15, 0.2) is 55.0 Å². The van der Waals surface area contributed by atoms with Gasteiger partial charge in [0.15, 0.2) is 0 Å². The maximum Gasteiger partial charge on any atom is 0.224 e. The van der Waals surface area contributed by atoms with Crippen LogP contribution in [0.2, 0.25) is 0 Å². The minimum atomic E-state index is -0.0378. The van der Waals surface area contributed by atoms with Crippen LogP contribution in [0.5, 0.6) is 5.75 Å². The van der Waals surface area contributed by atoms with E-state index < -0.39 is 0 Å². The van der Waals surface area contributed by atoms with Crippen molar-refractivity contribution in [3.63, 3.8) is 0 Å². The molecule has 0 spiro atoms. The average Bonchev–Trinajstić information content (AvgIpc) is 3.07. The van der Waals surface area contributed by atoms with Crippen molar-refractivity contribution in [2.24, 2.45) is 0 Å². The lowest BCUT2D eigenvalue weighted by atomic mass is 10.1. The molecular weight excluding hydrogens is 316 g/mol. The molecule has 6 nitrogen and oxygen atoms in total. The highest BCUT2D eigenvalue weighted by molar-refractivity contribution is 5.90. The van der Waals surface area contributed by atoms with Crippen molar-refractivity contribution >= 4 is 11.6 Å². The number of pyridine rings is 1. The van der Waals surface area contributed by atoms with E-state index >= 15 is 0 Å². The average molecular weight is 336 g/mol. The second kappa shape index (κ2) is 7.61. The first-order valence-corrected chi connectivity index (χ1v) is 8.05. The van der Waals surface area contributed by atoms with Gasteiger partial charge < -0.3 is 10.1 Å². The molecule has 3 aromatic rings. The number of hydrogen-bond donors (Lipinski definition) is 1. The Hall–Kier alpha value is -3.15. The highest BCUT2D eigenvalue weighted by Crippen LogP contribution is 2.14. The van der Waals surface area contributed by atoms with Crippen LogP contribution in [0.4, 0.5) is 5.69 Å². The predicted octanol–water partition coefficient (Wildman–Crippen LogP) is 3.16. The third-order valence-corrected chi connectivity index (χ3v) is 3.90. The number of anilines is 1. The lowest BCUT2D eigenvalue weighted by Crippen LogP contribution is -2.12. The highest BCUT2D eigenvalue weighted by Gasteiger charge is 2.06. The summed E-state index contributed by atoms with van der Waals surface area (Å²) in [6.07, 6.45) is 6.32. The molecule has 0 fully saturated rings. The number of methoxy groups -OCH3 is 1. The topological polar surface area (TPSA) is 69.0 Å². The summed E-state index contributed by atoms with van der Waals surface area (Å²) < 4.78 is 7.01. The molecule has 2 aromatic heterocycles. The Kier molecular flexibility index (Phi) is 5.09. The first kappa shape index (κ1) is 16.7. The second-order valence-corrected chi connectivity index (χ2v) is 5.65. The number of carbonyl (C=O) groups is 1. The number of amides is 1. The van der Waals surface area contributed by atoms with Gasteiger partial charge in [0.2, 0.25) is 5.91 Å². The van der Waals surface area contributed by atoms with E-state index in [0.29, 0.717) is 18.5 Å². The third-order valence-electron chi connectivity index (χ3n) is 3.90. The summed E-state index contributed by atoms with van der Waals surface area (Å²) >= 11 is 0. The van der Waals surface area contributed by atoms with Crippen LogP contribution in [0, 0.1) is 6.92 Å². The van der Waals surface area contributed by atoms with Gasteiger partial charge in [-0.1, -0.05) is 12.1 Å². The molecule has 3 rings (SSSR count). The number of nitrogens with one attached hydrogen (secondary N) is 1. The van der Waals surface area contributed by atoms with Crippen LogP contribution in [-0.4, -0.2) is 27.6 Å². The van der Waals surface area contributed by atoms with Crippen molar-refractivity contribution < 1.29 is 9.53 Å². The van der Waals surface area contributed by atoms with Crippen molar-refractivity contribution in [3.8, 4) is 11.6 Å². The predicted molar refractivity (Wildman–Crippen MR) is 96.0 cm³/mol. The number of rotatable bonds is 6. The Morgan fingerprint density at radius 3 is 2.56 bits per heavy atom. The van der Waals surface area contributed by atoms with E-state index in [1.165, 1.54) is 0 Å². The van der Waals surface area contributed by atoms with Gasteiger partial charge in [-0.3, -0.25) is 9.36 Å². The zero-order valence-corrected chi connectivity index (χ0v) is 14.3. The molecule has 0 saturated carbocycles. The van der Waals surface area contributed by atoms with Crippen molar-refractivity contribution in [3.05, 3.63) is 66.4 Å². The molecule has 0 saturated heterocycles.